The fourth-order valence-electron chi connectivity index (χ4n) is 1.61. The van der Waals surface area contributed by atoms with E-state index in [1.165, 1.54) is 6.42 Å². The van der Waals surface area contributed by atoms with Crippen molar-refractivity contribution in [1.29, 1.82) is 0 Å². The molecule has 0 spiro atoms. The number of benzene rings is 1. The largest absolute Gasteiger partial charge is 0.497 e. The SMILES string of the molecule is CC[C@H](C)[NH2+]CCOCCOc1cccc(OC)c1. The van der Waals surface area contributed by atoms with Crippen molar-refractivity contribution in [3.63, 3.8) is 0 Å². The first-order chi connectivity index (χ1) is 9.26. The minimum Gasteiger partial charge on any atom is -0.497 e. The van der Waals surface area contributed by atoms with Gasteiger partial charge in [-0.3, -0.25) is 0 Å². The van der Waals surface area contributed by atoms with Crippen LogP contribution in [0.15, 0.2) is 24.3 Å². The first-order valence-corrected chi connectivity index (χ1v) is 6.94. The van der Waals surface area contributed by atoms with E-state index in [9.17, 15) is 0 Å². The van der Waals surface area contributed by atoms with Crippen LogP contribution in [0, 0.1) is 0 Å². The molecule has 0 aliphatic carbocycles. The van der Waals surface area contributed by atoms with E-state index in [0.29, 0.717) is 19.3 Å². The van der Waals surface area contributed by atoms with Crippen molar-refractivity contribution in [2.75, 3.05) is 33.5 Å². The first kappa shape index (κ1) is 15.8. The molecule has 0 fully saturated rings. The van der Waals surface area contributed by atoms with Gasteiger partial charge in [0, 0.05) is 6.07 Å². The van der Waals surface area contributed by atoms with Crippen LogP contribution in [0.25, 0.3) is 0 Å². The summed E-state index contributed by atoms with van der Waals surface area (Å²) >= 11 is 0. The highest BCUT2D eigenvalue weighted by molar-refractivity contribution is 5.32. The van der Waals surface area contributed by atoms with Gasteiger partial charge < -0.3 is 19.5 Å². The highest BCUT2D eigenvalue weighted by Gasteiger charge is 2.00. The Balaban J connectivity index is 2.04. The van der Waals surface area contributed by atoms with Crippen LogP contribution in [-0.2, 0) is 4.74 Å². The minimum absolute atomic E-state index is 0.566. The number of methoxy groups -OCH3 is 1. The number of hydrogen-bond donors (Lipinski definition) is 1. The maximum atomic E-state index is 5.58. The first-order valence-electron chi connectivity index (χ1n) is 6.94. The van der Waals surface area contributed by atoms with Gasteiger partial charge in [0.05, 0.1) is 32.9 Å². The second-order valence-electron chi connectivity index (χ2n) is 4.55. The number of ether oxygens (including phenoxy) is 3. The molecule has 19 heavy (non-hydrogen) atoms. The summed E-state index contributed by atoms with van der Waals surface area (Å²) in [6.07, 6.45) is 1.19. The fraction of sp³-hybridized carbons (Fsp3) is 0.600. The third-order valence-corrected chi connectivity index (χ3v) is 3.01. The lowest BCUT2D eigenvalue weighted by Crippen LogP contribution is -2.90. The second kappa shape index (κ2) is 9.64. The standard InChI is InChI=1S/C15H25NO3/c1-4-13(2)16-8-9-18-10-11-19-15-7-5-6-14(12-15)17-3/h5-7,12-13,16H,4,8-11H2,1-3H3/p+1/t13-/m0/s1. The quantitative estimate of drug-likeness (QED) is 0.653. The van der Waals surface area contributed by atoms with E-state index in [-0.39, 0.29) is 0 Å². The van der Waals surface area contributed by atoms with Gasteiger partial charge in [0.2, 0.25) is 0 Å². The zero-order valence-corrected chi connectivity index (χ0v) is 12.2. The maximum absolute atomic E-state index is 5.58. The Labute approximate surface area is 116 Å². The predicted octanol–water partition coefficient (Wildman–Crippen LogP) is 1.45. The zero-order chi connectivity index (χ0) is 13.9. The minimum atomic E-state index is 0.566. The summed E-state index contributed by atoms with van der Waals surface area (Å²) in [5, 5.41) is 2.31. The van der Waals surface area contributed by atoms with Crippen molar-refractivity contribution in [2.45, 2.75) is 26.3 Å². The lowest BCUT2D eigenvalue weighted by molar-refractivity contribution is -0.687. The van der Waals surface area contributed by atoms with Crippen LogP contribution in [0.5, 0.6) is 11.5 Å². The molecule has 0 radical (unpaired) electrons. The summed E-state index contributed by atoms with van der Waals surface area (Å²) in [7, 11) is 1.65. The molecule has 0 aromatic heterocycles. The Bertz CT molecular complexity index is 344. The van der Waals surface area contributed by atoms with E-state index in [4.69, 9.17) is 14.2 Å². The molecule has 1 aromatic carbocycles. The average Bonchev–Trinajstić information content (AvgIpc) is 2.46. The van der Waals surface area contributed by atoms with E-state index in [2.05, 4.69) is 19.2 Å². The van der Waals surface area contributed by atoms with Crippen LogP contribution >= 0.6 is 0 Å². The van der Waals surface area contributed by atoms with Gasteiger partial charge in [-0.05, 0) is 25.5 Å². The van der Waals surface area contributed by atoms with Crippen LogP contribution in [-0.4, -0.2) is 39.5 Å². The molecule has 0 unspecified atom stereocenters. The molecular formula is C15H26NO3+. The highest BCUT2D eigenvalue weighted by Crippen LogP contribution is 2.18. The van der Waals surface area contributed by atoms with Crippen molar-refractivity contribution in [2.24, 2.45) is 0 Å². The van der Waals surface area contributed by atoms with Crippen molar-refractivity contribution in [1.82, 2.24) is 0 Å². The number of hydrogen-bond acceptors (Lipinski definition) is 3. The normalized spacial score (nSPS) is 12.2. The van der Waals surface area contributed by atoms with Gasteiger partial charge in [-0.15, -0.1) is 0 Å². The van der Waals surface area contributed by atoms with Gasteiger partial charge in [0.1, 0.15) is 18.1 Å². The topological polar surface area (TPSA) is 44.3 Å². The summed E-state index contributed by atoms with van der Waals surface area (Å²) < 4.78 is 16.2. The van der Waals surface area contributed by atoms with Gasteiger partial charge in [0.25, 0.3) is 0 Å². The second-order valence-corrected chi connectivity index (χ2v) is 4.55. The van der Waals surface area contributed by atoms with Crippen LogP contribution < -0.4 is 14.8 Å². The van der Waals surface area contributed by atoms with Crippen LogP contribution in [0.1, 0.15) is 20.3 Å². The van der Waals surface area contributed by atoms with Crippen molar-refractivity contribution < 1.29 is 19.5 Å². The summed E-state index contributed by atoms with van der Waals surface area (Å²) in [4.78, 5) is 0. The zero-order valence-electron chi connectivity index (χ0n) is 12.2. The van der Waals surface area contributed by atoms with E-state index in [0.717, 1.165) is 24.7 Å². The molecule has 108 valence electrons. The van der Waals surface area contributed by atoms with E-state index in [1.807, 2.05) is 24.3 Å². The van der Waals surface area contributed by atoms with E-state index in [1.54, 1.807) is 7.11 Å². The Morgan fingerprint density at radius 2 is 1.95 bits per heavy atom. The average molecular weight is 268 g/mol. The van der Waals surface area contributed by atoms with Crippen molar-refractivity contribution >= 4 is 0 Å². The van der Waals surface area contributed by atoms with Crippen LogP contribution in [0.2, 0.25) is 0 Å². The lowest BCUT2D eigenvalue weighted by Gasteiger charge is -2.09. The smallest absolute Gasteiger partial charge is 0.123 e. The molecule has 0 saturated heterocycles. The summed E-state index contributed by atoms with van der Waals surface area (Å²) in [6, 6.07) is 8.27. The molecule has 1 aromatic rings. The highest BCUT2D eigenvalue weighted by atomic mass is 16.5. The molecule has 0 aliphatic heterocycles. The monoisotopic (exact) mass is 268 g/mol. The summed E-state index contributed by atoms with van der Waals surface area (Å²) in [5.74, 6) is 1.62. The molecule has 0 bridgehead atoms. The molecular weight excluding hydrogens is 242 g/mol. The number of quaternary nitrogens is 1. The molecule has 0 aliphatic rings. The molecule has 4 heteroatoms. The number of nitrogens with two attached hydrogens (primary N) is 1. The summed E-state index contributed by atoms with van der Waals surface area (Å²) in [5.41, 5.74) is 0. The Morgan fingerprint density at radius 1 is 1.16 bits per heavy atom. The fourth-order valence-corrected chi connectivity index (χ4v) is 1.61. The predicted molar refractivity (Wildman–Crippen MR) is 75.9 cm³/mol. The third-order valence-electron chi connectivity index (χ3n) is 3.01. The van der Waals surface area contributed by atoms with Crippen molar-refractivity contribution in [3.8, 4) is 11.5 Å². The Morgan fingerprint density at radius 3 is 2.68 bits per heavy atom. The molecule has 0 saturated carbocycles. The van der Waals surface area contributed by atoms with Gasteiger partial charge >= 0.3 is 0 Å². The van der Waals surface area contributed by atoms with E-state index < -0.39 is 0 Å². The maximum Gasteiger partial charge on any atom is 0.123 e. The van der Waals surface area contributed by atoms with Gasteiger partial charge in [-0.1, -0.05) is 13.0 Å². The summed E-state index contributed by atoms with van der Waals surface area (Å²) in [6.45, 7) is 7.39. The lowest BCUT2D eigenvalue weighted by atomic mass is 10.3. The molecule has 0 amide bonds. The van der Waals surface area contributed by atoms with Gasteiger partial charge in [-0.2, -0.15) is 0 Å². The molecule has 1 rings (SSSR count). The molecule has 1 atom stereocenters. The van der Waals surface area contributed by atoms with E-state index >= 15 is 0 Å². The van der Waals surface area contributed by atoms with Gasteiger partial charge in [0.15, 0.2) is 0 Å². The van der Waals surface area contributed by atoms with Crippen LogP contribution in [0.3, 0.4) is 0 Å². The van der Waals surface area contributed by atoms with Gasteiger partial charge in [-0.25, -0.2) is 0 Å². The number of rotatable bonds is 10. The van der Waals surface area contributed by atoms with Crippen molar-refractivity contribution in [3.05, 3.63) is 24.3 Å². The molecule has 2 N–H and O–H groups in total. The Kier molecular flexibility index (Phi) is 8.02. The molecule has 4 nitrogen and oxygen atoms in total. The Hall–Kier alpha value is -1.26. The third kappa shape index (κ3) is 7.03. The molecule has 0 heterocycles. The van der Waals surface area contributed by atoms with Crippen LogP contribution in [0.4, 0.5) is 0 Å².